The van der Waals surface area contributed by atoms with E-state index in [9.17, 15) is 0 Å². The van der Waals surface area contributed by atoms with Gasteiger partial charge in [0.15, 0.2) is 5.11 Å². The number of thiocarbonyl (C=S) groups is 1. The van der Waals surface area contributed by atoms with Gasteiger partial charge in [-0.25, -0.2) is 0 Å². The molecule has 2 aromatic carbocycles. The van der Waals surface area contributed by atoms with Crippen molar-refractivity contribution >= 4 is 23.0 Å². The molecule has 0 atom stereocenters. The fraction of sp³-hybridized carbons (Fsp3) is 0.409. The monoisotopic (exact) mass is 365 g/mol. The smallest absolute Gasteiger partial charge is 0.173 e. The van der Waals surface area contributed by atoms with E-state index in [1.807, 2.05) is 0 Å². The van der Waals surface area contributed by atoms with E-state index >= 15 is 0 Å². The fourth-order valence-corrected chi connectivity index (χ4v) is 4.46. The molecule has 1 heterocycles. The summed E-state index contributed by atoms with van der Waals surface area (Å²) in [5.74, 6) is 0. The topological polar surface area (TPSA) is 18.5 Å². The molecule has 26 heavy (non-hydrogen) atoms. The van der Waals surface area contributed by atoms with E-state index in [0.717, 1.165) is 37.0 Å². The average molecular weight is 366 g/mol. The minimum atomic E-state index is 0.662. The summed E-state index contributed by atoms with van der Waals surface area (Å²) >= 11 is 5.69. The molecule has 0 spiro atoms. The first kappa shape index (κ1) is 17.5. The molecule has 4 rings (SSSR count). The lowest BCUT2D eigenvalue weighted by atomic mass is 10.1. The van der Waals surface area contributed by atoms with E-state index in [2.05, 4.69) is 71.4 Å². The molecule has 0 saturated carbocycles. The molecule has 4 heteroatoms. The Bertz CT molecular complexity index is 784. The molecule has 1 aliphatic carbocycles. The largest absolute Gasteiger partial charge is 0.346 e. The Morgan fingerprint density at radius 1 is 0.923 bits per heavy atom. The third-order valence-corrected chi connectivity index (χ3v) is 6.35. The lowest BCUT2D eigenvalue weighted by molar-refractivity contribution is 0.137. The van der Waals surface area contributed by atoms with Crippen molar-refractivity contribution in [3.8, 4) is 0 Å². The fourth-order valence-electron chi connectivity index (χ4n) is 4.16. The van der Waals surface area contributed by atoms with Crippen LogP contribution >= 0.6 is 12.2 Å². The van der Waals surface area contributed by atoms with Crippen LogP contribution in [0.3, 0.4) is 0 Å². The van der Waals surface area contributed by atoms with Crippen LogP contribution < -0.4 is 5.32 Å². The summed E-state index contributed by atoms with van der Waals surface area (Å²) in [5, 5.41) is 4.31. The van der Waals surface area contributed by atoms with E-state index < -0.39 is 0 Å². The quantitative estimate of drug-likeness (QED) is 0.816. The van der Waals surface area contributed by atoms with Crippen molar-refractivity contribution < 1.29 is 0 Å². The highest BCUT2D eigenvalue weighted by Gasteiger charge is 2.29. The van der Waals surface area contributed by atoms with Crippen molar-refractivity contribution in [2.24, 2.45) is 0 Å². The number of aryl methyl sites for hydroxylation is 1. The molecule has 0 unspecified atom stereocenters. The van der Waals surface area contributed by atoms with Gasteiger partial charge in [-0.2, -0.15) is 0 Å². The van der Waals surface area contributed by atoms with Gasteiger partial charge >= 0.3 is 0 Å². The van der Waals surface area contributed by atoms with Crippen LogP contribution in [0.1, 0.15) is 22.3 Å². The Kier molecular flexibility index (Phi) is 4.96. The molecule has 1 N–H and O–H groups in total. The molecular formula is C22H27N3S. The van der Waals surface area contributed by atoms with Crippen molar-refractivity contribution in [3.05, 3.63) is 64.7 Å². The van der Waals surface area contributed by atoms with E-state index in [1.165, 1.54) is 35.1 Å². The number of rotatable bonds is 2. The number of nitrogens with one attached hydrogen (secondary N) is 1. The molecular weight excluding hydrogens is 338 g/mol. The summed E-state index contributed by atoms with van der Waals surface area (Å²) in [6.45, 7) is 8.48. The minimum absolute atomic E-state index is 0.662. The molecule has 2 aromatic rings. The number of fused-ring (bicyclic) bond motifs is 1. The van der Waals surface area contributed by atoms with E-state index in [-0.39, 0.29) is 0 Å². The van der Waals surface area contributed by atoms with Crippen LogP contribution in [0.4, 0.5) is 5.69 Å². The molecule has 136 valence electrons. The van der Waals surface area contributed by atoms with Gasteiger partial charge in [-0.3, -0.25) is 4.90 Å². The van der Waals surface area contributed by atoms with Crippen LogP contribution in [0, 0.1) is 13.8 Å². The second-order valence-electron chi connectivity index (χ2n) is 7.53. The number of benzene rings is 2. The van der Waals surface area contributed by atoms with Crippen LogP contribution in [-0.4, -0.2) is 47.1 Å². The highest BCUT2D eigenvalue weighted by molar-refractivity contribution is 7.80. The van der Waals surface area contributed by atoms with Crippen LogP contribution in [0.5, 0.6) is 0 Å². The van der Waals surface area contributed by atoms with Crippen molar-refractivity contribution in [2.75, 3.05) is 31.5 Å². The molecule has 0 aromatic heterocycles. The first-order valence-corrected chi connectivity index (χ1v) is 9.95. The summed E-state index contributed by atoms with van der Waals surface area (Å²) in [4.78, 5) is 4.97. The number of nitrogens with zero attached hydrogens (tertiary/aromatic N) is 2. The summed E-state index contributed by atoms with van der Waals surface area (Å²) < 4.78 is 0. The second kappa shape index (κ2) is 7.37. The number of hydrogen-bond acceptors (Lipinski definition) is 2. The summed E-state index contributed by atoms with van der Waals surface area (Å²) in [6, 6.07) is 15.9. The molecule has 0 amide bonds. The predicted octanol–water partition coefficient (Wildman–Crippen LogP) is 3.79. The van der Waals surface area contributed by atoms with Crippen molar-refractivity contribution in [1.82, 2.24) is 9.80 Å². The van der Waals surface area contributed by atoms with Gasteiger partial charge in [0.25, 0.3) is 0 Å². The van der Waals surface area contributed by atoms with Crippen LogP contribution in [0.2, 0.25) is 0 Å². The van der Waals surface area contributed by atoms with Gasteiger partial charge in [-0.1, -0.05) is 36.4 Å². The second-order valence-corrected chi connectivity index (χ2v) is 7.92. The number of piperazine rings is 1. The summed E-state index contributed by atoms with van der Waals surface area (Å²) in [6.07, 6.45) is 2.39. The molecule has 2 aliphatic rings. The third kappa shape index (κ3) is 3.49. The lowest BCUT2D eigenvalue weighted by Gasteiger charge is -2.39. The normalized spacial score (nSPS) is 18.0. The van der Waals surface area contributed by atoms with Crippen molar-refractivity contribution in [1.29, 1.82) is 0 Å². The standard InChI is InChI=1S/C22H27N3S/c1-16-6-5-9-21(17(16)2)23-22(26)25-12-10-24(11-13-25)20-14-18-7-3-4-8-19(18)15-20/h3-9,20H,10-15H2,1-2H3,(H,23,26). The predicted molar refractivity (Wildman–Crippen MR) is 113 cm³/mol. The number of hydrogen-bond donors (Lipinski definition) is 1. The Balaban J connectivity index is 1.32. The van der Waals surface area contributed by atoms with Gasteiger partial charge < -0.3 is 10.2 Å². The Labute approximate surface area is 162 Å². The molecule has 1 saturated heterocycles. The van der Waals surface area contributed by atoms with Gasteiger partial charge in [-0.05, 0) is 67.2 Å². The Morgan fingerprint density at radius 3 is 2.23 bits per heavy atom. The van der Waals surface area contributed by atoms with Gasteiger partial charge in [0.2, 0.25) is 0 Å². The average Bonchev–Trinajstić information content (AvgIpc) is 3.10. The SMILES string of the molecule is Cc1cccc(NC(=S)N2CCN(C3Cc4ccccc4C3)CC2)c1C. The molecule has 1 fully saturated rings. The maximum Gasteiger partial charge on any atom is 0.173 e. The Hall–Kier alpha value is -1.91. The maximum absolute atomic E-state index is 5.69. The van der Waals surface area contributed by atoms with Crippen LogP contribution in [-0.2, 0) is 12.8 Å². The first-order valence-electron chi connectivity index (χ1n) is 9.55. The van der Waals surface area contributed by atoms with E-state index in [4.69, 9.17) is 12.2 Å². The van der Waals surface area contributed by atoms with Crippen LogP contribution in [0.15, 0.2) is 42.5 Å². The molecule has 0 bridgehead atoms. The van der Waals surface area contributed by atoms with Gasteiger partial charge in [0.05, 0.1) is 0 Å². The van der Waals surface area contributed by atoms with Crippen LogP contribution in [0.25, 0.3) is 0 Å². The van der Waals surface area contributed by atoms with Gasteiger partial charge in [0.1, 0.15) is 0 Å². The van der Waals surface area contributed by atoms with Crippen molar-refractivity contribution in [2.45, 2.75) is 32.7 Å². The highest BCUT2D eigenvalue weighted by Crippen LogP contribution is 2.26. The minimum Gasteiger partial charge on any atom is -0.346 e. The summed E-state index contributed by atoms with van der Waals surface area (Å²) in [5.41, 5.74) is 6.77. The maximum atomic E-state index is 5.69. The summed E-state index contributed by atoms with van der Waals surface area (Å²) in [7, 11) is 0. The zero-order valence-electron chi connectivity index (χ0n) is 15.7. The van der Waals surface area contributed by atoms with Crippen molar-refractivity contribution in [3.63, 3.8) is 0 Å². The third-order valence-electron chi connectivity index (χ3n) is 5.99. The lowest BCUT2D eigenvalue weighted by Crippen LogP contribution is -2.53. The highest BCUT2D eigenvalue weighted by atomic mass is 32.1. The van der Waals surface area contributed by atoms with Gasteiger partial charge in [0, 0.05) is 37.9 Å². The zero-order valence-corrected chi connectivity index (χ0v) is 16.5. The molecule has 0 radical (unpaired) electrons. The first-order chi connectivity index (χ1) is 12.6. The van der Waals surface area contributed by atoms with Gasteiger partial charge in [-0.15, -0.1) is 0 Å². The zero-order chi connectivity index (χ0) is 18.1. The number of anilines is 1. The molecule has 3 nitrogen and oxygen atoms in total. The van der Waals surface area contributed by atoms with E-state index in [0.29, 0.717) is 6.04 Å². The van der Waals surface area contributed by atoms with E-state index in [1.54, 1.807) is 0 Å². The molecule has 1 aliphatic heterocycles. The Morgan fingerprint density at radius 2 is 1.58 bits per heavy atom.